The molecule has 0 aliphatic heterocycles. The van der Waals surface area contributed by atoms with E-state index in [0.29, 0.717) is 11.5 Å². The highest BCUT2D eigenvalue weighted by molar-refractivity contribution is 6.66. The van der Waals surface area contributed by atoms with Crippen molar-refractivity contribution < 1.29 is 23.1 Å². The molecule has 5 nitrogen and oxygen atoms in total. The number of ether oxygens (including phenoxy) is 2. The lowest BCUT2D eigenvalue weighted by Gasteiger charge is -2.25. The predicted octanol–water partition coefficient (Wildman–Crippen LogP) is 4.30. The summed E-state index contributed by atoms with van der Waals surface area (Å²) >= 11 is 0. The first kappa shape index (κ1) is 16.9. The summed E-state index contributed by atoms with van der Waals surface area (Å²) < 4.78 is 21.5. The van der Waals surface area contributed by atoms with Gasteiger partial charge in [-0.2, -0.15) is 0 Å². The molecule has 0 N–H and O–H groups in total. The van der Waals surface area contributed by atoms with Crippen LogP contribution in [0.15, 0.2) is 48.5 Å². The highest BCUT2D eigenvalue weighted by Crippen LogP contribution is 2.24. The van der Waals surface area contributed by atoms with E-state index in [9.17, 15) is 4.79 Å². The second-order valence-electron chi connectivity index (χ2n) is 5.45. The summed E-state index contributed by atoms with van der Waals surface area (Å²) in [6.07, 6.45) is -0.769. The van der Waals surface area contributed by atoms with Crippen molar-refractivity contribution in [1.29, 1.82) is 0 Å². The summed E-state index contributed by atoms with van der Waals surface area (Å²) in [6, 6.07) is 14.6. The van der Waals surface area contributed by atoms with Gasteiger partial charge < -0.3 is 18.3 Å². The Labute approximate surface area is 137 Å². The van der Waals surface area contributed by atoms with E-state index in [1.54, 1.807) is 24.3 Å². The van der Waals surface area contributed by atoms with Crippen LogP contribution in [0.2, 0.25) is 13.1 Å². The molecule has 6 heteroatoms. The Balaban J connectivity index is 2.07. The molecule has 0 fully saturated rings. The van der Waals surface area contributed by atoms with E-state index in [0.717, 1.165) is 11.3 Å². The van der Waals surface area contributed by atoms with Crippen molar-refractivity contribution in [3.05, 3.63) is 54.1 Å². The third-order valence-corrected chi connectivity index (χ3v) is 4.34. The Bertz CT molecular complexity index is 684. The molecule has 0 aromatic heterocycles. The van der Waals surface area contributed by atoms with Crippen LogP contribution in [0.5, 0.6) is 17.2 Å². The standard InChI is InChI=1S/C17H20O5Si/c1-13-7-5-9-15(11-13)21-23(3,4)22-16-10-6-8-14(12-16)20-17(18)19-2/h5-12H,1-4H3. The fourth-order valence-electron chi connectivity index (χ4n) is 2.01. The zero-order chi connectivity index (χ0) is 16.9. The second kappa shape index (κ2) is 7.19. The van der Waals surface area contributed by atoms with E-state index >= 15 is 0 Å². The van der Waals surface area contributed by atoms with Crippen LogP contribution in [0.3, 0.4) is 0 Å². The Morgan fingerprint density at radius 1 is 0.913 bits per heavy atom. The average molecular weight is 332 g/mol. The molecule has 2 aromatic carbocycles. The molecule has 23 heavy (non-hydrogen) atoms. The highest BCUT2D eigenvalue weighted by atomic mass is 28.4. The molecule has 0 atom stereocenters. The third kappa shape index (κ3) is 5.34. The van der Waals surface area contributed by atoms with Gasteiger partial charge in [-0.25, -0.2) is 4.79 Å². The maximum absolute atomic E-state index is 11.1. The smallest absolute Gasteiger partial charge is 0.512 e. The van der Waals surface area contributed by atoms with Gasteiger partial charge in [0, 0.05) is 19.2 Å². The number of carbonyl (C=O) groups is 1. The SMILES string of the molecule is COC(=O)Oc1cccc(O[Si](C)(C)Oc2cccc(C)c2)c1. The Kier molecular flexibility index (Phi) is 5.28. The van der Waals surface area contributed by atoms with Gasteiger partial charge in [0.05, 0.1) is 7.11 Å². The number of benzene rings is 2. The molecule has 0 heterocycles. The molecule has 0 saturated carbocycles. The van der Waals surface area contributed by atoms with Crippen molar-refractivity contribution >= 4 is 14.7 Å². The van der Waals surface area contributed by atoms with Gasteiger partial charge in [0.2, 0.25) is 0 Å². The number of hydrogen-bond donors (Lipinski definition) is 0. The van der Waals surface area contributed by atoms with E-state index in [2.05, 4.69) is 4.74 Å². The minimum absolute atomic E-state index is 0.356. The molecule has 2 rings (SSSR count). The largest absolute Gasteiger partial charge is 0.513 e. The van der Waals surface area contributed by atoms with Crippen LogP contribution in [0.4, 0.5) is 4.79 Å². The van der Waals surface area contributed by atoms with Gasteiger partial charge in [0.1, 0.15) is 17.2 Å². The molecule has 0 bridgehead atoms. The molecule has 0 aliphatic rings. The molecular formula is C17H20O5Si. The lowest BCUT2D eigenvalue weighted by atomic mass is 10.2. The lowest BCUT2D eigenvalue weighted by molar-refractivity contribution is 0.121. The summed E-state index contributed by atoms with van der Waals surface area (Å²) in [5, 5.41) is 0. The minimum Gasteiger partial charge on any atom is -0.512 e. The maximum atomic E-state index is 11.1. The van der Waals surface area contributed by atoms with Crippen molar-refractivity contribution in [1.82, 2.24) is 0 Å². The van der Waals surface area contributed by atoms with Crippen molar-refractivity contribution in [2.75, 3.05) is 7.11 Å². The monoisotopic (exact) mass is 332 g/mol. The lowest BCUT2D eigenvalue weighted by Crippen LogP contribution is -2.41. The zero-order valence-corrected chi connectivity index (χ0v) is 14.7. The van der Waals surface area contributed by atoms with E-state index < -0.39 is 14.7 Å². The number of rotatable bonds is 5. The quantitative estimate of drug-likeness (QED) is 0.464. The van der Waals surface area contributed by atoms with Crippen LogP contribution >= 0.6 is 0 Å². The van der Waals surface area contributed by atoms with Gasteiger partial charge in [0.15, 0.2) is 0 Å². The Hall–Kier alpha value is -2.47. The molecule has 0 spiro atoms. The topological polar surface area (TPSA) is 54.0 Å². The summed E-state index contributed by atoms with van der Waals surface area (Å²) in [4.78, 5) is 11.1. The van der Waals surface area contributed by atoms with Crippen LogP contribution in [0.25, 0.3) is 0 Å². The van der Waals surface area contributed by atoms with Gasteiger partial charge in [-0.05, 0) is 36.8 Å². The molecular weight excluding hydrogens is 312 g/mol. The van der Waals surface area contributed by atoms with E-state index in [1.807, 2.05) is 44.3 Å². The van der Waals surface area contributed by atoms with Gasteiger partial charge in [-0.3, -0.25) is 0 Å². The molecule has 0 saturated heterocycles. The molecule has 122 valence electrons. The molecule has 0 aliphatic carbocycles. The van der Waals surface area contributed by atoms with Gasteiger partial charge in [-0.1, -0.05) is 18.2 Å². The van der Waals surface area contributed by atoms with Gasteiger partial charge in [0.25, 0.3) is 0 Å². The number of aryl methyl sites for hydroxylation is 1. The van der Waals surface area contributed by atoms with Crippen LogP contribution in [0.1, 0.15) is 5.56 Å². The van der Waals surface area contributed by atoms with Crippen molar-refractivity contribution in [3.8, 4) is 17.2 Å². The van der Waals surface area contributed by atoms with Crippen molar-refractivity contribution in [3.63, 3.8) is 0 Å². The van der Waals surface area contributed by atoms with Crippen molar-refractivity contribution in [2.45, 2.75) is 20.0 Å². The van der Waals surface area contributed by atoms with Crippen LogP contribution in [-0.2, 0) is 4.74 Å². The Morgan fingerprint density at radius 2 is 1.48 bits per heavy atom. The minimum atomic E-state index is -2.45. The van der Waals surface area contributed by atoms with Crippen LogP contribution in [0, 0.1) is 6.92 Å². The summed E-state index contributed by atoms with van der Waals surface area (Å²) in [5.41, 5.74) is 1.13. The predicted molar refractivity (Wildman–Crippen MR) is 89.4 cm³/mol. The number of hydrogen-bond acceptors (Lipinski definition) is 5. The van der Waals surface area contributed by atoms with Crippen LogP contribution in [-0.4, -0.2) is 21.8 Å². The van der Waals surface area contributed by atoms with Crippen LogP contribution < -0.4 is 13.6 Å². The fraction of sp³-hybridized carbons (Fsp3) is 0.235. The van der Waals surface area contributed by atoms with Crippen molar-refractivity contribution in [2.24, 2.45) is 0 Å². The first-order valence-electron chi connectivity index (χ1n) is 7.18. The summed E-state index contributed by atoms with van der Waals surface area (Å²) in [7, 11) is -1.19. The Morgan fingerprint density at radius 3 is 2.09 bits per heavy atom. The number of methoxy groups -OCH3 is 1. The van der Waals surface area contributed by atoms with Gasteiger partial charge >= 0.3 is 14.7 Å². The van der Waals surface area contributed by atoms with E-state index in [-0.39, 0.29) is 0 Å². The normalized spacial score (nSPS) is 10.8. The first-order valence-corrected chi connectivity index (χ1v) is 10.0. The van der Waals surface area contributed by atoms with E-state index in [1.165, 1.54) is 7.11 Å². The summed E-state index contributed by atoms with van der Waals surface area (Å²) in [6.45, 7) is 5.90. The van der Waals surface area contributed by atoms with E-state index in [4.69, 9.17) is 13.6 Å². The third-order valence-electron chi connectivity index (χ3n) is 2.89. The summed E-state index contributed by atoms with van der Waals surface area (Å²) in [5.74, 6) is 1.72. The first-order chi connectivity index (χ1) is 10.9. The highest BCUT2D eigenvalue weighted by Gasteiger charge is 2.29. The molecule has 0 unspecified atom stereocenters. The molecule has 0 amide bonds. The molecule has 2 aromatic rings. The molecule has 0 radical (unpaired) electrons. The van der Waals surface area contributed by atoms with Gasteiger partial charge in [-0.15, -0.1) is 0 Å². The second-order valence-corrected chi connectivity index (χ2v) is 8.66. The zero-order valence-electron chi connectivity index (χ0n) is 13.7. The number of carbonyl (C=O) groups excluding carboxylic acids is 1. The fourth-order valence-corrected chi connectivity index (χ4v) is 3.44. The maximum Gasteiger partial charge on any atom is 0.513 e. The average Bonchev–Trinajstić information content (AvgIpc) is 2.46.